The van der Waals surface area contributed by atoms with Crippen molar-refractivity contribution in [2.24, 2.45) is 13.0 Å². The lowest BCUT2D eigenvalue weighted by molar-refractivity contribution is -0.133. The van der Waals surface area contributed by atoms with Crippen molar-refractivity contribution in [1.82, 2.24) is 14.4 Å². The van der Waals surface area contributed by atoms with Crippen molar-refractivity contribution >= 4 is 23.6 Å². The van der Waals surface area contributed by atoms with E-state index in [0.29, 0.717) is 36.9 Å². The van der Waals surface area contributed by atoms with Gasteiger partial charge in [0.1, 0.15) is 6.54 Å². The molecule has 3 amide bonds. The third kappa shape index (κ3) is 7.60. The molecule has 0 bridgehead atoms. The minimum absolute atomic E-state index is 0.0254. The third-order valence-electron chi connectivity index (χ3n) is 6.57. The second-order valence-corrected chi connectivity index (χ2v) is 9.93. The topological polar surface area (TPSA) is 83.9 Å². The first kappa shape index (κ1) is 27.3. The summed E-state index contributed by atoms with van der Waals surface area (Å²) in [6.07, 6.45) is 7.02. The van der Waals surface area contributed by atoms with Crippen LogP contribution in [0.1, 0.15) is 68.9 Å². The Bertz CT molecular complexity index is 1010. The number of carbonyl (C=O) groups excluding carboxylic acids is 3. The van der Waals surface area contributed by atoms with Crippen LogP contribution >= 0.6 is 0 Å². The average Bonchev–Trinajstić information content (AvgIpc) is 3.27. The van der Waals surface area contributed by atoms with E-state index in [4.69, 9.17) is 4.74 Å². The smallest absolute Gasteiger partial charge is 0.338 e. The first-order valence-corrected chi connectivity index (χ1v) is 13.0. The Morgan fingerprint density at radius 2 is 1.78 bits per heavy atom. The van der Waals surface area contributed by atoms with Gasteiger partial charge in [-0.15, -0.1) is 0 Å². The number of carbonyl (C=O) groups is 3. The van der Waals surface area contributed by atoms with E-state index in [9.17, 15) is 14.4 Å². The number of ether oxygens (including phenoxy) is 1. The van der Waals surface area contributed by atoms with E-state index in [1.54, 1.807) is 36.1 Å². The van der Waals surface area contributed by atoms with Crippen LogP contribution in [0.5, 0.6) is 0 Å². The van der Waals surface area contributed by atoms with Crippen molar-refractivity contribution in [2.45, 2.75) is 65.5 Å². The summed E-state index contributed by atoms with van der Waals surface area (Å²) in [7, 11) is 1.97. The number of anilines is 1. The molecule has 0 aliphatic heterocycles. The Morgan fingerprint density at radius 3 is 2.36 bits per heavy atom. The highest BCUT2D eigenvalue weighted by Gasteiger charge is 2.29. The van der Waals surface area contributed by atoms with Crippen LogP contribution in [0.3, 0.4) is 0 Å². The number of amides is 3. The molecule has 1 saturated carbocycles. The number of benzene rings is 1. The zero-order chi connectivity index (χ0) is 26.1. The Kier molecular flexibility index (Phi) is 9.96. The van der Waals surface area contributed by atoms with Gasteiger partial charge in [0, 0.05) is 37.2 Å². The maximum Gasteiger partial charge on any atom is 0.338 e. The predicted octanol–water partition coefficient (Wildman–Crippen LogP) is 5.05. The number of hydrogen-bond acceptors (Lipinski definition) is 4. The number of nitrogens with zero attached hydrogens (tertiary/aromatic N) is 3. The minimum Gasteiger partial charge on any atom is -0.462 e. The molecule has 1 fully saturated rings. The number of rotatable bonds is 10. The molecule has 1 aromatic carbocycles. The van der Waals surface area contributed by atoms with Crippen molar-refractivity contribution in [2.75, 3.05) is 25.0 Å². The maximum atomic E-state index is 13.6. The molecule has 1 heterocycles. The maximum absolute atomic E-state index is 13.6. The summed E-state index contributed by atoms with van der Waals surface area (Å²) < 4.78 is 7.05. The number of aromatic nitrogens is 1. The molecule has 0 atom stereocenters. The van der Waals surface area contributed by atoms with Gasteiger partial charge in [-0.1, -0.05) is 33.1 Å². The number of nitrogens with one attached hydrogen (secondary N) is 1. The molecule has 8 nitrogen and oxygen atoms in total. The lowest BCUT2D eigenvalue weighted by Crippen LogP contribution is -2.50. The van der Waals surface area contributed by atoms with Crippen LogP contribution in [-0.4, -0.2) is 58.0 Å². The molecule has 196 valence electrons. The van der Waals surface area contributed by atoms with Crippen LogP contribution in [0.15, 0.2) is 42.6 Å². The highest BCUT2D eigenvalue weighted by atomic mass is 16.5. The van der Waals surface area contributed by atoms with Gasteiger partial charge in [0.15, 0.2) is 0 Å². The lowest BCUT2D eigenvalue weighted by Gasteiger charge is -2.35. The largest absolute Gasteiger partial charge is 0.462 e. The predicted molar refractivity (Wildman–Crippen MR) is 141 cm³/mol. The van der Waals surface area contributed by atoms with E-state index in [-0.39, 0.29) is 24.5 Å². The van der Waals surface area contributed by atoms with Crippen LogP contribution in [0.4, 0.5) is 10.5 Å². The van der Waals surface area contributed by atoms with Crippen molar-refractivity contribution in [1.29, 1.82) is 0 Å². The van der Waals surface area contributed by atoms with Crippen LogP contribution in [0.25, 0.3) is 0 Å². The second-order valence-electron chi connectivity index (χ2n) is 9.93. The monoisotopic (exact) mass is 496 g/mol. The van der Waals surface area contributed by atoms with E-state index in [0.717, 1.165) is 37.8 Å². The van der Waals surface area contributed by atoms with Crippen LogP contribution in [0, 0.1) is 5.92 Å². The van der Waals surface area contributed by atoms with E-state index in [1.165, 1.54) is 0 Å². The molecular weight excluding hydrogens is 456 g/mol. The molecule has 36 heavy (non-hydrogen) atoms. The molecule has 0 spiro atoms. The first-order valence-electron chi connectivity index (χ1n) is 13.0. The fourth-order valence-electron chi connectivity index (χ4n) is 4.66. The first-order chi connectivity index (χ1) is 17.3. The minimum atomic E-state index is -0.395. The van der Waals surface area contributed by atoms with Crippen molar-refractivity contribution in [3.8, 4) is 0 Å². The van der Waals surface area contributed by atoms with Gasteiger partial charge in [0.25, 0.3) is 0 Å². The van der Waals surface area contributed by atoms with E-state index in [2.05, 4.69) is 19.2 Å². The van der Waals surface area contributed by atoms with E-state index >= 15 is 0 Å². The molecule has 1 aliphatic rings. The summed E-state index contributed by atoms with van der Waals surface area (Å²) >= 11 is 0. The number of aryl methyl sites for hydroxylation is 1. The zero-order valence-corrected chi connectivity index (χ0v) is 22.0. The average molecular weight is 497 g/mol. The molecule has 3 rings (SSSR count). The Labute approximate surface area is 214 Å². The molecule has 1 N–H and O–H groups in total. The normalized spacial score (nSPS) is 13.9. The Hall–Kier alpha value is -3.29. The van der Waals surface area contributed by atoms with Gasteiger partial charge >= 0.3 is 12.0 Å². The van der Waals surface area contributed by atoms with Crippen LogP contribution in [-0.2, 0) is 23.1 Å². The van der Waals surface area contributed by atoms with Crippen molar-refractivity contribution < 1.29 is 19.1 Å². The fraction of sp³-hybridized carbons (Fsp3) is 0.536. The molecule has 1 aliphatic carbocycles. The molecule has 2 aromatic rings. The van der Waals surface area contributed by atoms with E-state index < -0.39 is 5.97 Å². The molecule has 0 radical (unpaired) electrons. The number of urea groups is 1. The molecule has 1 aromatic heterocycles. The number of hydrogen-bond donors (Lipinski definition) is 1. The Morgan fingerprint density at radius 1 is 1.08 bits per heavy atom. The van der Waals surface area contributed by atoms with Crippen LogP contribution in [0.2, 0.25) is 0 Å². The zero-order valence-electron chi connectivity index (χ0n) is 22.0. The van der Waals surface area contributed by atoms with Crippen LogP contribution < -0.4 is 5.32 Å². The summed E-state index contributed by atoms with van der Waals surface area (Å²) in [4.78, 5) is 42.5. The Balaban J connectivity index is 1.74. The van der Waals surface area contributed by atoms with Gasteiger partial charge in [-0.25, -0.2) is 9.59 Å². The molecular formula is C28H40N4O4. The highest BCUT2D eigenvalue weighted by Crippen LogP contribution is 2.24. The van der Waals surface area contributed by atoms with Gasteiger partial charge in [0.2, 0.25) is 5.91 Å². The van der Waals surface area contributed by atoms with Gasteiger partial charge in [-0.2, -0.15) is 0 Å². The quantitative estimate of drug-likeness (QED) is 0.467. The summed E-state index contributed by atoms with van der Waals surface area (Å²) in [5.74, 6) is -0.138. The van der Waals surface area contributed by atoms with E-state index in [1.807, 2.05) is 34.8 Å². The standard InChI is InChI=1S/C28H40N4O4/c1-5-36-27(34)22-13-15-23(16-14-22)29-28(35)32(24-10-7-6-8-11-24)20-26(33)31(18-21(2)3)19-25-12-9-17-30(25)4/h9,12-17,21,24H,5-8,10-11,18-20H2,1-4H3,(H,29,35). The van der Waals surface area contributed by atoms with Crippen molar-refractivity contribution in [3.05, 3.63) is 53.9 Å². The molecule has 8 heteroatoms. The van der Waals surface area contributed by atoms with Gasteiger partial charge in [0.05, 0.1) is 18.7 Å². The molecule has 0 saturated heterocycles. The fourth-order valence-corrected chi connectivity index (χ4v) is 4.66. The van der Waals surface area contributed by atoms with Crippen molar-refractivity contribution in [3.63, 3.8) is 0 Å². The summed E-state index contributed by atoms with van der Waals surface area (Å²) in [6.45, 7) is 7.42. The van der Waals surface area contributed by atoms with Gasteiger partial charge in [-0.05, 0) is 62.1 Å². The highest BCUT2D eigenvalue weighted by molar-refractivity contribution is 5.94. The SMILES string of the molecule is CCOC(=O)c1ccc(NC(=O)N(CC(=O)N(Cc2cccn2C)CC(C)C)C2CCCCC2)cc1. The molecule has 0 unspecified atom stereocenters. The second kappa shape index (κ2) is 13.1. The van der Waals surface area contributed by atoms with Gasteiger partial charge in [-0.3, -0.25) is 4.79 Å². The summed E-state index contributed by atoms with van der Waals surface area (Å²) in [5, 5.41) is 2.94. The number of esters is 1. The van der Waals surface area contributed by atoms with Gasteiger partial charge < -0.3 is 24.4 Å². The summed E-state index contributed by atoms with van der Waals surface area (Å²) in [5.41, 5.74) is 2.06. The third-order valence-corrected chi connectivity index (χ3v) is 6.57. The summed E-state index contributed by atoms with van der Waals surface area (Å²) in [6, 6.07) is 10.4. The lowest BCUT2D eigenvalue weighted by atomic mass is 9.94.